The van der Waals surface area contributed by atoms with Crippen molar-refractivity contribution in [2.24, 2.45) is 0 Å². The molecule has 0 radical (unpaired) electrons. The van der Waals surface area contributed by atoms with E-state index in [9.17, 15) is 13.2 Å². The van der Waals surface area contributed by atoms with Crippen LogP contribution in [0.4, 0.5) is 19.0 Å². The van der Waals surface area contributed by atoms with Crippen molar-refractivity contribution in [2.45, 2.75) is 38.9 Å². The highest BCUT2D eigenvalue weighted by atomic mass is 19.4. The molecule has 2 N–H and O–H groups in total. The van der Waals surface area contributed by atoms with Crippen LogP contribution in [0.1, 0.15) is 31.7 Å². The third-order valence-corrected chi connectivity index (χ3v) is 2.16. The first-order valence-corrected chi connectivity index (χ1v) is 4.85. The molecule has 0 aliphatic heterocycles. The van der Waals surface area contributed by atoms with Gasteiger partial charge in [0.25, 0.3) is 0 Å². The van der Waals surface area contributed by atoms with Gasteiger partial charge in [0.1, 0.15) is 11.4 Å². The van der Waals surface area contributed by atoms with Crippen LogP contribution in [0.3, 0.4) is 0 Å². The topological polar surface area (TPSA) is 43.8 Å². The van der Waals surface area contributed by atoms with Gasteiger partial charge in [-0.3, -0.25) is 0 Å². The van der Waals surface area contributed by atoms with E-state index in [0.717, 1.165) is 25.5 Å². The molecule has 15 heavy (non-hydrogen) atoms. The molecule has 0 bridgehead atoms. The Morgan fingerprint density at radius 3 is 2.53 bits per heavy atom. The zero-order chi connectivity index (χ0) is 11.5. The fourth-order valence-electron chi connectivity index (χ4n) is 1.30. The Labute approximate surface area is 86.1 Å². The van der Waals surface area contributed by atoms with Crippen LogP contribution in [0, 0.1) is 0 Å². The lowest BCUT2D eigenvalue weighted by atomic mass is 10.2. The normalized spacial score (nSPS) is 12.0. The van der Waals surface area contributed by atoms with Crippen molar-refractivity contribution in [3.05, 3.63) is 11.8 Å². The number of halogens is 3. The van der Waals surface area contributed by atoms with Crippen LogP contribution >= 0.6 is 0 Å². The van der Waals surface area contributed by atoms with Gasteiger partial charge >= 0.3 is 6.18 Å². The molecule has 0 aromatic carbocycles. The molecule has 0 spiro atoms. The minimum atomic E-state index is -4.41. The van der Waals surface area contributed by atoms with E-state index in [1.807, 2.05) is 6.92 Å². The number of hydrogen-bond donors (Lipinski definition) is 1. The Morgan fingerprint density at radius 1 is 1.40 bits per heavy atom. The number of aromatic nitrogens is 2. The van der Waals surface area contributed by atoms with Gasteiger partial charge in [-0.05, 0) is 6.42 Å². The van der Waals surface area contributed by atoms with E-state index >= 15 is 0 Å². The number of alkyl halides is 3. The fraction of sp³-hybridized carbons (Fsp3) is 0.667. The smallest absolute Gasteiger partial charge is 0.383 e. The summed E-state index contributed by atoms with van der Waals surface area (Å²) in [6, 6.07) is 0. The van der Waals surface area contributed by atoms with Crippen LogP contribution in [-0.2, 0) is 12.7 Å². The fourth-order valence-corrected chi connectivity index (χ4v) is 1.30. The summed E-state index contributed by atoms with van der Waals surface area (Å²) in [7, 11) is 0. The van der Waals surface area contributed by atoms with Crippen molar-refractivity contribution < 1.29 is 13.2 Å². The molecular formula is C9H14F3N3. The van der Waals surface area contributed by atoms with E-state index in [1.165, 1.54) is 4.68 Å². The highest BCUT2D eigenvalue weighted by molar-refractivity contribution is 5.40. The first-order chi connectivity index (χ1) is 6.96. The lowest BCUT2D eigenvalue weighted by molar-refractivity contribution is -0.136. The monoisotopic (exact) mass is 221 g/mol. The van der Waals surface area contributed by atoms with Gasteiger partial charge < -0.3 is 5.73 Å². The molecule has 1 aromatic rings. The number of rotatable bonds is 4. The second-order valence-corrected chi connectivity index (χ2v) is 3.37. The highest BCUT2D eigenvalue weighted by Crippen LogP contribution is 2.33. The molecule has 0 aliphatic carbocycles. The Bertz CT molecular complexity index is 317. The predicted octanol–water partition coefficient (Wildman–Crippen LogP) is 2.67. The number of aryl methyl sites for hydroxylation is 1. The first kappa shape index (κ1) is 11.9. The maximum atomic E-state index is 12.3. The van der Waals surface area contributed by atoms with Crippen LogP contribution < -0.4 is 5.73 Å². The molecule has 0 fully saturated rings. The molecule has 0 amide bonds. The maximum Gasteiger partial charge on any atom is 0.421 e. The molecule has 3 nitrogen and oxygen atoms in total. The zero-order valence-electron chi connectivity index (χ0n) is 8.51. The van der Waals surface area contributed by atoms with E-state index in [4.69, 9.17) is 5.73 Å². The van der Waals surface area contributed by atoms with Crippen molar-refractivity contribution in [3.8, 4) is 0 Å². The van der Waals surface area contributed by atoms with Crippen LogP contribution in [-0.4, -0.2) is 9.78 Å². The Balaban J connectivity index is 2.72. The number of nitrogen functional groups attached to an aromatic ring is 1. The summed E-state index contributed by atoms with van der Waals surface area (Å²) >= 11 is 0. The summed E-state index contributed by atoms with van der Waals surface area (Å²) in [6.45, 7) is 2.46. The van der Waals surface area contributed by atoms with Gasteiger partial charge in [0.05, 0.1) is 6.20 Å². The van der Waals surface area contributed by atoms with Crippen molar-refractivity contribution in [1.29, 1.82) is 0 Å². The third-order valence-electron chi connectivity index (χ3n) is 2.16. The highest BCUT2D eigenvalue weighted by Gasteiger charge is 2.35. The quantitative estimate of drug-likeness (QED) is 0.794. The van der Waals surface area contributed by atoms with Crippen LogP contribution in [0.15, 0.2) is 6.20 Å². The lowest BCUT2D eigenvalue weighted by Crippen LogP contribution is -2.10. The Kier molecular flexibility index (Phi) is 3.60. The maximum absolute atomic E-state index is 12.3. The summed E-state index contributed by atoms with van der Waals surface area (Å²) in [5.41, 5.74) is 4.50. The molecule has 1 aromatic heterocycles. The number of hydrogen-bond acceptors (Lipinski definition) is 2. The summed E-state index contributed by atoms with van der Waals surface area (Å²) < 4.78 is 38.2. The number of nitrogens with two attached hydrogens (primary N) is 1. The van der Waals surface area contributed by atoms with Gasteiger partial charge in [-0.25, -0.2) is 4.68 Å². The second-order valence-electron chi connectivity index (χ2n) is 3.37. The molecule has 1 rings (SSSR count). The summed E-state index contributed by atoms with van der Waals surface area (Å²) in [5.74, 6) is -0.293. The minimum Gasteiger partial charge on any atom is -0.383 e. The van der Waals surface area contributed by atoms with Gasteiger partial charge in [-0.1, -0.05) is 19.8 Å². The van der Waals surface area contributed by atoms with Crippen LogP contribution in [0.5, 0.6) is 0 Å². The van der Waals surface area contributed by atoms with E-state index in [0.29, 0.717) is 6.54 Å². The second kappa shape index (κ2) is 4.55. The van der Waals surface area contributed by atoms with Gasteiger partial charge in [-0.2, -0.15) is 18.3 Å². The van der Waals surface area contributed by atoms with Crippen molar-refractivity contribution in [1.82, 2.24) is 9.78 Å². The van der Waals surface area contributed by atoms with Crippen LogP contribution in [0.25, 0.3) is 0 Å². The van der Waals surface area contributed by atoms with Gasteiger partial charge in [0.15, 0.2) is 0 Å². The average molecular weight is 221 g/mol. The molecule has 86 valence electrons. The van der Waals surface area contributed by atoms with E-state index < -0.39 is 11.7 Å². The lowest BCUT2D eigenvalue weighted by Gasteiger charge is -2.06. The van der Waals surface area contributed by atoms with E-state index in [1.54, 1.807) is 0 Å². The number of unbranched alkanes of at least 4 members (excludes halogenated alkanes) is 2. The Morgan fingerprint density at radius 2 is 2.07 bits per heavy atom. The largest absolute Gasteiger partial charge is 0.421 e. The Hall–Kier alpha value is -1.20. The summed E-state index contributed by atoms with van der Waals surface area (Å²) in [4.78, 5) is 0. The van der Waals surface area contributed by atoms with Crippen molar-refractivity contribution in [2.75, 3.05) is 5.73 Å². The molecule has 0 saturated carbocycles. The molecular weight excluding hydrogens is 207 g/mol. The average Bonchev–Trinajstić information content (AvgIpc) is 2.47. The van der Waals surface area contributed by atoms with Gasteiger partial charge in [0.2, 0.25) is 0 Å². The van der Waals surface area contributed by atoms with Crippen molar-refractivity contribution >= 4 is 5.82 Å². The van der Waals surface area contributed by atoms with Crippen molar-refractivity contribution in [3.63, 3.8) is 0 Å². The minimum absolute atomic E-state index is 0.293. The molecule has 1 heterocycles. The number of nitrogens with zero attached hydrogens (tertiary/aromatic N) is 2. The van der Waals surface area contributed by atoms with E-state index in [2.05, 4.69) is 5.10 Å². The SMILES string of the molecule is CCCCCn1ncc(C(F)(F)F)c1N. The molecule has 0 saturated heterocycles. The predicted molar refractivity (Wildman–Crippen MR) is 51.2 cm³/mol. The number of anilines is 1. The molecule has 0 unspecified atom stereocenters. The summed E-state index contributed by atoms with van der Waals surface area (Å²) in [6.07, 6.45) is -0.873. The van der Waals surface area contributed by atoms with Gasteiger partial charge in [0, 0.05) is 6.54 Å². The van der Waals surface area contributed by atoms with Crippen LogP contribution in [0.2, 0.25) is 0 Å². The third kappa shape index (κ3) is 2.87. The summed E-state index contributed by atoms with van der Waals surface area (Å²) in [5, 5.41) is 3.63. The molecule has 0 atom stereocenters. The van der Waals surface area contributed by atoms with Gasteiger partial charge in [-0.15, -0.1) is 0 Å². The zero-order valence-corrected chi connectivity index (χ0v) is 8.51. The molecule has 0 aliphatic rings. The standard InChI is InChI=1S/C9H14F3N3/c1-2-3-4-5-15-8(13)7(6-14-15)9(10,11)12/h6H,2-5,13H2,1H3. The molecule has 6 heteroatoms. The van der Waals surface area contributed by atoms with E-state index in [-0.39, 0.29) is 5.82 Å². The first-order valence-electron chi connectivity index (χ1n) is 4.85.